The molecule has 0 unspecified atom stereocenters. The maximum absolute atomic E-state index is 11.6. The van der Waals surface area contributed by atoms with E-state index < -0.39 is 6.09 Å². The molecular formula is C16H16ClNO2. The predicted octanol–water partition coefficient (Wildman–Crippen LogP) is 3.85. The Kier molecular flexibility index (Phi) is 5.44. The first-order valence-electron chi connectivity index (χ1n) is 6.36. The summed E-state index contributed by atoms with van der Waals surface area (Å²) in [4.78, 5) is 11.6. The molecule has 0 fully saturated rings. The van der Waals surface area contributed by atoms with Crippen LogP contribution in [0.5, 0.6) is 0 Å². The van der Waals surface area contributed by atoms with Gasteiger partial charge in [0.2, 0.25) is 0 Å². The Labute approximate surface area is 123 Å². The molecule has 0 aromatic heterocycles. The van der Waals surface area contributed by atoms with Crippen LogP contribution in [0.3, 0.4) is 0 Å². The highest BCUT2D eigenvalue weighted by Gasteiger charge is 2.02. The number of hydrogen-bond donors (Lipinski definition) is 1. The Hall–Kier alpha value is -2.00. The van der Waals surface area contributed by atoms with E-state index in [1.54, 1.807) is 0 Å². The number of carbonyl (C=O) groups is 1. The minimum atomic E-state index is -0.421. The van der Waals surface area contributed by atoms with E-state index >= 15 is 0 Å². The molecule has 2 aromatic carbocycles. The number of carbonyl (C=O) groups excluding carboxylic acids is 1. The third-order valence-electron chi connectivity index (χ3n) is 2.83. The van der Waals surface area contributed by atoms with E-state index in [1.807, 2.05) is 54.6 Å². The van der Waals surface area contributed by atoms with Gasteiger partial charge in [-0.05, 0) is 16.7 Å². The van der Waals surface area contributed by atoms with Crippen LogP contribution in [-0.4, -0.2) is 6.09 Å². The van der Waals surface area contributed by atoms with Gasteiger partial charge in [-0.25, -0.2) is 4.79 Å². The lowest BCUT2D eigenvalue weighted by Gasteiger charge is -2.07. The van der Waals surface area contributed by atoms with Crippen LogP contribution in [-0.2, 0) is 23.8 Å². The highest BCUT2D eigenvalue weighted by Crippen LogP contribution is 2.08. The quantitative estimate of drug-likeness (QED) is 0.849. The SMILES string of the molecule is O=C(NCc1ccccc1)OCc1ccc(CCl)cc1. The monoisotopic (exact) mass is 289 g/mol. The maximum atomic E-state index is 11.6. The van der Waals surface area contributed by atoms with E-state index in [-0.39, 0.29) is 6.61 Å². The van der Waals surface area contributed by atoms with Crippen molar-refractivity contribution in [2.45, 2.75) is 19.0 Å². The zero-order valence-corrected chi connectivity index (χ0v) is 11.8. The van der Waals surface area contributed by atoms with Gasteiger partial charge in [0.25, 0.3) is 0 Å². The van der Waals surface area contributed by atoms with Gasteiger partial charge in [0.15, 0.2) is 0 Å². The number of halogens is 1. The van der Waals surface area contributed by atoms with Gasteiger partial charge in [-0.3, -0.25) is 0 Å². The van der Waals surface area contributed by atoms with Crippen LogP contribution in [0.25, 0.3) is 0 Å². The molecule has 3 nitrogen and oxygen atoms in total. The van der Waals surface area contributed by atoms with Crippen molar-refractivity contribution in [3.63, 3.8) is 0 Å². The van der Waals surface area contributed by atoms with E-state index in [2.05, 4.69) is 5.32 Å². The molecular weight excluding hydrogens is 274 g/mol. The zero-order chi connectivity index (χ0) is 14.2. The Morgan fingerprint density at radius 3 is 2.25 bits per heavy atom. The first-order valence-corrected chi connectivity index (χ1v) is 6.89. The van der Waals surface area contributed by atoms with Crippen molar-refractivity contribution in [2.24, 2.45) is 0 Å². The number of ether oxygens (including phenoxy) is 1. The predicted molar refractivity (Wildman–Crippen MR) is 79.5 cm³/mol. The topological polar surface area (TPSA) is 38.3 Å². The zero-order valence-electron chi connectivity index (χ0n) is 11.0. The number of rotatable bonds is 5. The van der Waals surface area contributed by atoms with E-state index in [0.29, 0.717) is 12.4 Å². The molecule has 104 valence electrons. The van der Waals surface area contributed by atoms with Crippen molar-refractivity contribution < 1.29 is 9.53 Å². The fourth-order valence-corrected chi connectivity index (χ4v) is 1.87. The van der Waals surface area contributed by atoms with Gasteiger partial charge >= 0.3 is 6.09 Å². The van der Waals surface area contributed by atoms with Crippen molar-refractivity contribution >= 4 is 17.7 Å². The Bertz CT molecular complexity index is 540. The van der Waals surface area contributed by atoms with Crippen molar-refractivity contribution in [1.82, 2.24) is 5.32 Å². The Morgan fingerprint density at radius 1 is 0.950 bits per heavy atom. The summed E-state index contributed by atoms with van der Waals surface area (Å²) >= 11 is 5.71. The van der Waals surface area contributed by atoms with Gasteiger partial charge in [0, 0.05) is 12.4 Å². The van der Waals surface area contributed by atoms with Gasteiger partial charge in [0.05, 0.1) is 0 Å². The molecule has 20 heavy (non-hydrogen) atoms. The normalized spacial score (nSPS) is 10.1. The molecule has 0 aliphatic heterocycles. The number of hydrogen-bond acceptors (Lipinski definition) is 2. The molecule has 1 amide bonds. The third-order valence-corrected chi connectivity index (χ3v) is 3.14. The molecule has 4 heteroatoms. The average molecular weight is 290 g/mol. The van der Waals surface area contributed by atoms with Crippen LogP contribution < -0.4 is 5.32 Å². The van der Waals surface area contributed by atoms with E-state index in [9.17, 15) is 4.79 Å². The van der Waals surface area contributed by atoms with Crippen LogP contribution in [0.15, 0.2) is 54.6 Å². The average Bonchev–Trinajstić information content (AvgIpc) is 2.52. The second kappa shape index (κ2) is 7.56. The van der Waals surface area contributed by atoms with Gasteiger partial charge in [-0.2, -0.15) is 0 Å². The smallest absolute Gasteiger partial charge is 0.407 e. The number of nitrogens with one attached hydrogen (secondary N) is 1. The maximum Gasteiger partial charge on any atom is 0.407 e. The van der Waals surface area contributed by atoms with Crippen LogP contribution in [0, 0.1) is 0 Å². The van der Waals surface area contributed by atoms with Gasteiger partial charge in [-0.1, -0.05) is 54.6 Å². The molecule has 1 N–H and O–H groups in total. The molecule has 0 atom stereocenters. The summed E-state index contributed by atoms with van der Waals surface area (Å²) in [6.07, 6.45) is -0.421. The molecule has 2 aromatic rings. The molecule has 0 bridgehead atoms. The largest absolute Gasteiger partial charge is 0.445 e. The first kappa shape index (κ1) is 14.4. The highest BCUT2D eigenvalue weighted by atomic mass is 35.5. The Balaban J connectivity index is 1.74. The molecule has 2 rings (SSSR count). The second-order valence-corrected chi connectivity index (χ2v) is 4.63. The van der Waals surface area contributed by atoms with E-state index in [1.165, 1.54) is 0 Å². The van der Waals surface area contributed by atoms with Crippen LogP contribution in [0.1, 0.15) is 16.7 Å². The van der Waals surface area contributed by atoms with Gasteiger partial charge in [-0.15, -0.1) is 11.6 Å². The van der Waals surface area contributed by atoms with Crippen molar-refractivity contribution in [3.8, 4) is 0 Å². The summed E-state index contributed by atoms with van der Waals surface area (Å²) in [6.45, 7) is 0.716. The van der Waals surface area contributed by atoms with Gasteiger partial charge in [0.1, 0.15) is 6.61 Å². The summed E-state index contributed by atoms with van der Waals surface area (Å²) in [7, 11) is 0. The van der Waals surface area contributed by atoms with Crippen LogP contribution in [0.2, 0.25) is 0 Å². The van der Waals surface area contributed by atoms with Gasteiger partial charge < -0.3 is 10.1 Å². The van der Waals surface area contributed by atoms with Crippen molar-refractivity contribution in [2.75, 3.05) is 0 Å². The minimum Gasteiger partial charge on any atom is -0.445 e. The summed E-state index contributed by atoms with van der Waals surface area (Å²) in [5.74, 6) is 0.485. The van der Waals surface area contributed by atoms with E-state index in [4.69, 9.17) is 16.3 Å². The summed E-state index contributed by atoms with van der Waals surface area (Å²) in [6, 6.07) is 17.4. The summed E-state index contributed by atoms with van der Waals surface area (Å²) < 4.78 is 5.14. The van der Waals surface area contributed by atoms with Crippen molar-refractivity contribution in [3.05, 3.63) is 71.3 Å². The summed E-state index contributed by atoms with van der Waals surface area (Å²) in [5, 5.41) is 2.71. The number of alkyl halides is 1. The highest BCUT2D eigenvalue weighted by molar-refractivity contribution is 6.17. The third kappa shape index (κ3) is 4.59. The minimum absolute atomic E-state index is 0.253. The number of alkyl carbamates (subject to hydrolysis) is 1. The lowest BCUT2D eigenvalue weighted by Crippen LogP contribution is -2.23. The Morgan fingerprint density at radius 2 is 1.60 bits per heavy atom. The van der Waals surface area contributed by atoms with E-state index in [0.717, 1.165) is 16.7 Å². The molecule has 0 saturated carbocycles. The fourth-order valence-electron chi connectivity index (χ4n) is 1.69. The van der Waals surface area contributed by atoms with Crippen LogP contribution in [0.4, 0.5) is 4.79 Å². The fraction of sp³-hybridized carbons (Fsp3) is 0.188. The standard InChI is InChI=1S/C16H16ClNO2/c17-10-13-6-8-15(9-7-13)12-20-16(19)18-11-14-4-2-1-3-5-14/h1-9H,10-12H2,(H,18,19). The molecule has 0 spiro atoms. The first-order chi connectivity index (χ1) is 9.78. The lowest BCUT2D eigenvalue weighted by atomic mass is 10.2. The molecule has 0 saturated heterocycles. The molecule has 0 radical (unpaired) electrons. The summed E-state index contributed by atoms with van der Waals surface area (Å²) in [5.41, 5.74) is 3.02. The molecule has 0 aliphatic carbocycles. The molecule has 0 heterocycles. The van der Waals surface area contributed by atoms with Crippen LogP contribution >= 0.6 is 11.6 Å². The number of benzene rings is 2. The second-order valence-electron chi connectivity index (χ2n) is 4.37. The number of amides is 1. The molecule has 0 aliphatic rings. The lowest BCUT2D eigenvalue weighted by molar-refractivity contribution is 0.139. The van der Waals surface area contributed by atoms with Crippen molar-refractivity contribution in [1.29, 1.82) is 0 Å².